The molecule has 1 aliphatic rings. The van der Waals surface area contributed by atoms with Gasteiger partial charge < -0.3 is 20.3 Å². The molecule has 1 aliphatic heterocycles. The lowest BCUT2D eigenvalue weighted by molar-refractivity contribution is 0.0983. The molecule has 3 rings (SSSR count). The highest BCUT2D eigenvalue weighted by Gasteiger charge is 2.23. The average molecular weight is 355 g/mol. The fourth-order valence-electron chi connectivity index (χ4n) is 2.98. The van der Waals surface area contributed by atoms with Gasteiger partial charge in [-0.3, -0.25) is 0 Å². The number of hydrogen-bond donors (Lipinski definition) is 2. The number of anilines is 3. The van der Waals surface area contributed by atoms with Crippen LogP contribution in [-0.4, -0.2) is 46.7 Å². The van der Waals surface area contributed by atoms with E-state index in [2.05, 4.69) is 26.7 Å². The second-order valence-corrected chi connectivity index (χ2v) is 6.36. The SMILES string of the molecule is CCOC(=O)N1CCC(Nc2ccnc(Nc3cccc(C)c3)n2)CC1. The number of aryl methyl sites for hydroxylation is 1. The lowest BCUT2D eigenvalue weighted by Crippen LogP contribution is -2.42. The molecule has 26 heavy (non-hydrogen) atoms. The monoisotopic (exact) mass is 355 g/mol. The van der Waals surface area contributed by atoms with Crippen LogP contribution in [0.1, 0.15) is 25.3 Å². The van der Waals surface area contributed by atoms with Crippen LogP contribution in [0.15, 0.2) is 36.5 Å². The minimum absolute atomic E-state index is 0.224. The molecule has 2 N–H and O–H groups in total. The van der Waals surface area contributed by atoms with Gasteiger partial charge in [-0.1, -0.05) is 12.1 Å². The Labute approximate surface area is 153 Å². The van der Waals surface area contributed by atoms with Gasteiger partial charge in [-0.15, -0.1) is 0 Å². The van der Waals surface area contributed by atoms with Crippen molar-refractivity contribution in [2.45, 2.75) is 32.7 Å². The van der Waals surface area contributed by atoms with Crippen molar-refractivity contribution in [3.8, 4) is 0 Å². The Bertz CT molecular complexity index is 744. The van der Waals surface area contributed by atoms with E-state index >= 15 is 0 Å². The smallest absolute Gasteiger partial charge is 0.409 e. The van der Waals surface area contributed by atoms with E-state index < -0.39 is 0 Å². The number of aromatic nitrogens is 2. The summed E-state index contributed by atoms with van der Waals surface area (Å²) in [6.45, 7) is 5.66. The Balaban J connectivity index is 1.55. The maximum Gasteiger partial charge on any atom is 0.409 e. The predicted molar refractivity (Wildman–Crippen MR) is 102 cm³/mol. The van der Waals surface area contributed by atoms with Crippen LogP contribution in [-0.2, 0) is 4.74 Å². The molecule has 2 heterocycles. The minimum Gasteiger partial charge on any atom is -0.450 e. The van der Waals surface area contributed by atoms with Gasteiger partial charge in [0.2, 0.25) is 5.95 Å². The zero-order chi connectivity index (χ0) is 18.4. The third-order valence-electron chi connectivity index (χ3n) is 4.30. The number of carbonyl (C=O) groups is 1. The summed E-state index contributed by atoms with van der Waals surface area (Å²) in [5.41, 5.74) is 2.14. The summed E-state index contributed by atoms with van der Waals surface area (Å²) in [5.74, 6) is 1.34. The molecule has 1 amide bonds. The molecule has 0 radical (unpaired) electrons. The van der Waals surface area contributed by atoms with Crippen molar-refractivity contribution in [1.29, 1.82) is 0 Å². The standard InChI is InChI=1S/C19H25N5O2/c1-3-26-19(25)24-11-8-15(9-12-24)21-17-7-10-20-18(23-17)22-16-6-4-5-14(2)13-16/h4-7,10,13,15H,3,8-9,11-12H2,1-2H3,(H2,20,21,22,23). The molecule has 1 aromatic heterocycles. The Morgan fingerprint density at radius 2 is 2.12 bits per heavy atom. The lowest BCUT2D eigenvalue weighted by Gasteiger charge is -2.31. The van der Waals surface area contributed by atoms with E-state index in [1.807, 2.05) is 38.1 Å². The number of likely N-dealkylation sites (tertiary alicyclic amines) is 1. The van der Waals surface area contributed by atoms with Crippen LogP contribution in [0.3, 0.4) is 0 Å². The first-order valence-corrected chi connectivity index (χ1v) is 8.99. The summed E-state index contributed by atoms with van der Waals surface area (Å²) in [5, 5.41) is 6.67. The van der Waals surface area contributed by atoms with Crippen LogP contribution in [0.4, 0.5) is 22.2 Å². The number of piperidine rings is 1. The number of hydrogen-bond acceptors (Lipinski definition) is 6. The third kappa shape index (κ3) is 4.84. The number of nitrogens with zero attached hydrogens (tertiary/aromatic N) is 3. The Hall–Kier alpha value is -2.83. The number of rotatable bonds is 5. The predicted octanol–water partition coefficient (Wildman–Crippen LogP) is 3.56. The fourth-order valence-corrected chi connectivity index (χ4v) is 2.98. The topological polar surface area (TPSA) is 79.4 Å². The van der Waals surface area contributed by atoms with E-state index in [9.17, 15) is 4.79 Å². The van der Waals surface area contributed by atoms with Crippen molar-refractivity contribution in [2.24, 2.45) is 0 Å². The maximum absolute atomic E-state index is 11.8. The third-order valence-corrected chi connectivity index (χ3v) is 4.30. The largest absolute Gasteiger partial charge is 0.450 e. The zero-order valence-corrected chi connectivity index (χ0v) is 15.2. The van der Waals surface area contributed by atoms with Crippen molar-refractivity contribution >= 4 is 23.5 Å². The number of carbonyl (C=O) groups excluding carboxylic acids is 1. The molecule has 0 aliphatic carbocycles. The molecule has 0 saturated carbocycles. The second kappa shape index (κ2) is 8.51. The van der Waals surface area contributed by atoms with E-state index in [4.69, 9.17) is 4.74 Å². The van der Waals surface area contributed by atoms with Crippen molar-refractivity contribution in [2.75, 3.05) is 30.3 Å². The zero-order valence-electron chi connectivity index (χ0n) is 15.2. The van der Waals surface area contributed by atoms with Gasteiger partial charge >= 0.3 is 6.09 Å². The first-order chi connectivity index (χ1) is 12.6. The van der Waals surface area contributed by atoms with Gasteiger partial charge in [0, 0.05) is 31.0 Å². The molecular formula is C19H25N5O2. The van der Waals surface area contributed by atoms with Crippen molar-refractivity contribution < 1.29 is 9.53 Å². The summed E-state index contributed by atoms with van der Waals surface area (Å²) in [4.78, 5) is 22.3. The number of benzene rings is 1. The van der Waals surface area contributed by atoms with Crippen molar-refractivity contribution in [3.05, 3.63) is 42.1 Å². The molecule has 1 fully saturated rings. The van der Waals surface area contributed by atoms with Crippen LogP contribution in [0, 0.1) is 6.92 Å². The Morgan fingerprint density at radius 3 is 2.85 bits per heavy atom. The summed E-state index contributed by atoms with van der Waals surface area (Å²) < 4.78 is 5.05. The highest BCUT2D eigenvalue weighted by atomic mass is 16.6. The molecule has 0 unspecified atom stereocenters. The van der Waals surface area contributed by atoms with Gasteiger partial charge in [-0.05, 0) is 50.5 Å². The second-order valence-electron chi connectivity index (χ2n) is 6.36. The van der Waals surface area contributed by atoms with Crippen LogP contribution in [0.2, 0.25) is 0 Å². The quantitative estimate of drug-likeness (QED) is 0.854. The van der Waals surface area contributed by atoms with Gasteiger partial charge in [0.1, 0.15) is 5.82 Å². The highest BCUT2D eigenvalue weighted by Crippen LogP contribution is 2.18. The molecule has 138 valence electrons. The molecule has 0 spiro atoms. The van der Waals surface area contributed by atoms with E-state index in [0.717, 1.165) is 24.3 Å². The van der Waals surface area contributed by atoms with Gasteiger partial charge in [-0.2, -0.15) is 4.98 Å². The summed E-state index contributed by atoms with van der Waals surface area (Å²) in [6, 6.07) is 10.2. The molecule has 0 atom stereocenters. The van der Waals surface area contributed by atoms with Crippen LogP contribution in [0.5, 0.6) is 0 Å². The molecule has 1 saturated heterocycles. The van der Waals surface area contributed by atoms with E-state index in [-0.39, 0.29) is 12.1 Å². The van der Waals surface area contributed by atoms with Crippen molar-refractivity contribution in [1.82, 2.24) is 14.9 Å². The lowest BCUT2D eigenvalue weighted by atomic mass is 10.1. The molecule has 7 heteroatoms. The van der Waals surface area contributed by atoms with Gasteiger partial charge in [0.05, 0.1) is 6.61 Å². The Morgan fingerprint density at radius 1 is 1.31 bits per heavy atom. The highest BCUT2D eigenvalue weighted by molar-refractivity contribution is 5.67. The van der Waals surface area contributed by atoms with Gasteiger partial charge in [-0.25, -0.2) is 9.78 Å². The van der Waals surface area contributed by atoms with Crippen molar-refractivity contribution in [3.63, 3.8) is 0 Å². The first-order valence-electron chi connectivity index (χ1n) is 8.99. The summed E-state index contributed by atoms with van der Waals surface area (Å²) in [6.07, 6.45) is 3.24. The Kier molecular flexibility index (Phi) is 5.88. The molecule has 2 aromatic rings. The van der Waals surface area contributed by atoms with E-state index in [1.165, 1.54) is 5.56 Å². The number of ether oxygens (including phenoxy) is 1. The average Bonchev–Trinajstić information content (AvgIpc) is 2.63. The summed E-state index contributed by atoms with van der Waals surface area (Å²) >= 11 is 0. The first kappa shape index (κ1) is 18.0. The fraction of sp³-hybridized carbons (Fsp3) is 0.421. The van der Waals surface area contributed by atoms with Crippen LogP contribution in [0.25, 0.3) is 0 Å². The number of amides is 1. The molecular weight excluding hydrogens is 330 g/mol. The normalized spacial score (nSPS) is 14.8. The molecule has 7 nitrogen and oxygen atoms in total. The maximum atomic E-state index is 11.8. The van der Waals surface area contributed by atoms with E-state index in [0.29, 0.717) is 25.6 Å². The molecule has 1 aromatic carbocycles. The van der Waals surface area contributed by atoms with Gasteiger partial charge in [0.25, 0.3) is 0 Å². The summed E-state index contributed by atoms with van der Waals surface area (Å²) in [7, 11) is 0. The minimum atomic E-state index is -0.224. The van der Waals surface area contributed by atoms with Gasteiger partial charge in [0.15, 0.2) is 0 Å². The van der Waals surface area contributed by atoms with Crippen LogP contribution < -0.4 is 10.6 Å². The molecule has 0 bridgehead atoms. The number of nitrogens with one attached hydrogen (secondary N) is 2. The van der Waals surface area contributed by atoms with Crippen LogP contribution >= 0.6 is 0 Å². The van der Waals surface area contributed by atoms with E-state index in [1.54, 1.807) is 11.1 Å².